The topological polar surface area (TPSA) is 32.3 Å². The second-order valence-corrected chi connectivity index (χ2v) is 3.36. The first-order valence-electron chi connectivity index (χ1n) is 4.92. The van der Waals surface area contributed by atoms with Gasteiger partial charge >= 0.3 is 6.03 Å². The minimum absolute atomic E-state index is 0.272. The first-order chi connectivity index (χ1) is 7.75. The normalized spacial score (nSPS) is 13.9. The molecule has 4 heteroatoms. The maximum atomic E-state index is 12.9. The molecule has 0 bridgehead atoms. The minimum atomic E-state index is -0.369. The monoisotopic (exact) mass is 218 g/mol. The fourth-order valence-corrected chi connectivity index (χ4v) is 1.38. The molecule has 1 aliphatic rings. The SMILES string of the molecule is O=C(Nc1cccc(F)c1)N1C=CC=CC1. The van der Waals surface area contributed by atoms with Crippen molar-refractivity contribution in [1.29, 1.82) is 0 Å². The molecule has 0 atom stereocenters. The summed E-state index contributed by atoms with van der Waals surface area (Å²) in [6.07, 6.45) is 7.18. The van der Waals surface area contributed by atoms with Gasteiger partial charge in [-0.15, -0.1) is 0 Å². The van der Waals surface area contributed by atoms with E-state index >= 15 is 0 Å². The summed E-state index contributed by atoms with van der Waals surface area (Å²) in [6, 6.07) is 5.54. The minimum Gasteiger partial charge on any atom is -0.307 e. The maximum absolute atomic E-state index is 12.9. The summed E-state index contributed by atoms with van der Waals surface area (Å²) < 4.78 is 12.9. The lowest BCUT2D eigenvalue weighted by molar-refractivity contribution is 0.231. The van der Waals surface area contributed by atoms with Crippen molar-refractivity contribution < 1.29 is 9.18 Å². The van der Waals surface area contributed by atoms with Crippen molar-refractivity contribution in [3.05, 3.63) is 54.5 Å². The molecule has 82 valence electrons. The summed E-state index contributed by atoms with van der Waals surface area (Å²) in [6.45, 7) is 0.525. The molecule has 1 aromatic carbocycles. The Morgan fingerprint density at radius 2 is 2.25 bits per heavy atom. The first-order valence-corrected chi connectivity index (χ1v) is 4.92. The van der Waals surface area contributed by atoms with E-state index in [1.807, 2.05) is 12.2 Å². The Morgan fingerprint density at radius 3 is 2.94 bits per heavy atom. The number of nitrogens with one attached hydrogen (secondary N) is 1. The smallest absolute Gasteiger partial charge is 0.307 e. The predicted octanol–water partition coefficient (Wildman–Crippen LogP) is 2.74. The summed E-state index contributed by atoms with van der Waals surface area (Å²) in [7, 11) is 0. The quantitative estimate of drug-likeness (QED) is 0.772. The zero-order valence-corrected chi connectivity index (χ0v) is 8.56. The number of urea groups is 1. The lowest BCUT2D eigenvalue weighted by atomic mass is 10.3. The zero-order chi connectivity index (χ0) is 11.4. The predicted molar refractivity (Wildman–Crippen MR) is 60.4 cm³/mol. The Kier molecular flexibility index (Phi) is 3.00. The number of hydrogen-bond donors (Lipinski definition) is 1. The maximum Gasteiger partial charge on any atom is 0.326 e. The second-order valence-electron chi connectivity index (χ2n) is 3.36. The third-order valence-corrected chi connectivity index (χ3v) is 2.15. The van der Waals surface area contributed by atoms with Crippen LogP contribution in [0.3, 0.4) is 0 Å². The lowest BCUT2D eigenvalue weighted by Gasteiger charge is -2.18. The van der Waals surface area contributed by atoms with Gasteiger partial charge in [0.05, 0.1) is 0 Å². The van der Waals surface area contributed by atoms with Gasteiger partial charge in [0.1, 0.15) is 5.82 Å². The molecule has 0 aromatic heterocycles. The molecule has 2 amide bonds. The fourth-order valence-electron chi connectivity index (χ4n) is 1.38. The van der Waals surface area contributed by atoms with Crippen LogP contribution in [0.25, 0.3) is 0 Å². The van der Waals surface area contributed by atoms with Gasteiger partial charge in [0.25, 0.3) is 0 Å². The summed E-state index contributed by atoms with van der Waals surface area (Å²) >= 11 is 0. The number of benzene rings is 1. The number of halogens is 1. The molecule has 0 saturated carbocycles. The molecule has 1 N–H and O–H groups in total. The molecule has 0 aliphatic carbocycles. The number of carbonyl (C=O) groups is 1. The van der Waals surface area contributed by atoms with Gasteiger partial charge in [-0.25, -0.2) is 9.18 Å². The van der Waals surface area contributed by atoms with Gasteiger partial charge in [-0.2, -0.15) is 0 Å². The van der Waals surface area contributed by atoms with Gasteiger partial charge in [-0.1, -0.05) is 18.2 Å². The Labute approximate surface area is 92.9 Å². The Bertz CT molecular complexity index is 454. The molecule has 3 nitrogen and oxygen atoms in total. The molecule has 2 rings (SSSR count). The Balaban J connectivity index is 2.02. The van der Waals surface area contributed by atoms with Crippen LogP contribution in [0.2, 0.25) is 0 Å². The van der Waals surface area contributed by atoms with Crippen LogP contribution in [0.15, 0.2) is 48.7 Å². The van der Waals surface area contributed by atoms with Gasteiger partial charge in [0, 0.05) is 18.4 Å². The van der Waals surface area contributed by atoms with Crippen LogP contribution in [0.1, 0.15) is 0 Å². The van der Waals surface area contributed by atoms with Crippen molar-refractivity contribution in [3.8, 4) is 0 Å². The van der Waals surface area contributed by atoms with Crippen LogP contribution >= 0.6 is 0 Å². The number of allylic oxidation sites excluding steroid dienone is 2. The van der Waals surface area contributed by atoms with E-state index in [-0.39, 0.29) is 11.8 Å². The van der Waals surface area contributed by atoms with Crippen molar-refractivity contribution in [3.63, 3.8) is 0 Å². The number of anilines is 1. The molecule has 1 heterocycles. The van der Waals surface area contributed by atoms with Crippen LogP contribution in [-0.2, 0) is 0 Å². The summed E-state index contributed by atoms with van der Waals surface area (Å²) in [4.78, 5) is 13.2. The Morgan fingerprint density at radius 1 is 1.38 bits per heavy atom. The zero-order valence-electron chi connectivity index (χ0n) is 8.56. The number of hydrogen-bond acceptors (Lipinski definition) is 1. The van der Waals surface area contributed by atoms with E-state index in [0.717, 1.165) is 0 Å². The second kappa shape index (κ2) is 4.61. The van der Waals surface area contributed by atoms with E-state index in [0.29, 0.717) is 12.2 Å². The van der Waals surface area contributed by atoms with Crippen molar-refractivity contribution in [2.45, 2.75) is 0 Å². The molecule has 1 aromatic rings. The molecule has 1 aliphatic heterocycles. The summed E-state index contributed by atoms with van der Waals surface area (Å²) in [5, 5.41) is 2.61. The van der Waals surface area contributed by atoms with Crippen molar-refractivity contribution in [2.24, 2.45) is 0 Å². The highest BCUT2D eigenvalue weighted by molar-refractivity contribution is 5.90. The number of amides is 2. The third kappa shape index (κ3) is 2.48. The third-order valence-electron chi connectivity index (χ3n) is 2.15. The molecular weight excluding hydrogens is 207 g/mol. The van der Waals surface area contributed by atoms with Gasteiger partial charge in [-0.05, 0) is 24.3 Å². The summed E-state index contributed by atoms with van der Waals surface area (Å²) in [5.41, 5.74) is 0.452. The highest BCUT2D eigenvalue weighted by Gasteiger charge is 2.10. The van der Waals surface area contributed by atoms with Crippen LogP contribution < -0.4 is 5.32 Å². The van der Waals surface area contributed by atoms with Gasteiger partial charge in [0.15, 0.2) is 0 Å². The van der Waals surface area contributed by atoms with Crippen molar-refractivity contribution >= 4 is 11.7 Å². The van der Waals surface area contributed by atoms with E-state index in [1.54, 1.807) is 24.4 Å². The van der Waals surface area contributed by atoms with E-state index in [4.69, 9.17) is 0 Å². The standard InChI is InChI=1S/C12H11FN2O/c13-10-5-4-6-11(9-10)14-12(16)15-7-2-1-3-8-15/h1-7,9H,8H2,(H,14,16). The summed E-state index contributed by atoms with van der Waals surface area (Å²) in [5.74, 6) is -0.369. The van der Waals surface area contributed by atoms with Crippen LogP contribution in [0.4, 0.5) is 14.9 Å². The van der Waals surface area contributed by atoms with Crippen LogP contribution in [-0.4, -0.2) is 17.5 Å². The average Bonchev–Trinajstić information content (AvgIpc) is 2.30. The van der Waals surface area contributed by atoms with E-state index < -0.39 is 0 Å². The molecule has 0 radical (unpaired) electrons. The fraction of sp³-hybridized carbons (Fsp3) is 0.0833. The van der Waals surface area contributed by atoms with E-state index in [2.05, 4.69) is 5.32 Å². The van der Waals surface area contributed by atoms with Crippen LogP contribution in [0.5, 0.6) is 0 Å². The van der Waals surface area contributed by atoms with Crippen molar-refractivity contribution in [1.82, 2.24) is 4.90 Å². The molecule has 0 saturated heterocycles. The number of nitrogens with zero attached hydrogens (tertiary/aromatic N) is 1. The molecular formula is C12H11FN2O. The highest BCUT2D eigenvalue weighted by Crippen LogP contribution is 2.10. The largest absolute Gasteiger partial charge is 0.326 e. The van der Waals surface area contributed by atoms with Crippen molar-refractivity contribution in [2.75, 3.05) is 11.9 Å². The molecule has 0 fully saturated rings. The molecule has 0 spiro atoms. The first kappa shape index (κ1) is 10.4. The lowest BCUT2D eigenvalue weighted by Crippen LogP contribution is -2.31. The Hall–Kier alpha value is -2.10. The van der Waals surface area contributed by atoms with E-state index in [1.165, 1.54) is 17.0 Å². The van der Waals surface area contributed by atoms with Gasteiger partial charge < -0.3 is 5.32 Å². The van der Waals surface area contributed by atoms with E-state index in [9.17, 15) is 9.18 Å². The highest BCUT2D eigenvalue weighted by atomic mass is 19.1. The molecule has 16 heavy (non-hydrogen) atoms. The van der Waals surface area contributed by atoms with Gasteiger partial charge in [0.2, 0.25) is 0 Å². The number of carbonyl (C=O) groups excluding carboxylic acids is 1. The number of rotatable bonds is 1. The van der Waals surface area contributed by atoms with Gasteiger partial charge in [-0.3, -0.25) is 4.90 Å². The average molecular weight is 218 g/mol. The van der Waals surface area contributed by atoms with Crippen LogP contribution in [0, 0.1) is 5.82 Å². The molecule has 0 unspecified atom stereocenters.